The molecule has 0 saturated carbocycles. The lowest BCUT2D eigenvalue weighted by atomic mass is 10.1. The summed E-state index contributed by atoms with van der Waals surface area (Å²) in [6, 6.07) is 10.4. The molecule has 0 aliphatic carbocycles. The van der Waals surface area contributed by atoms with Crippen molar-refractivity contribution < 1.29 is 14.6 Å². The van der Waals surface area contributed by atoms with E-state index >= 15 is 0 Å². The number of para-hydroxylation sites is 1. The van der Waals surface area contributed by atoms with Crippen LogP contribution in [0.1, 0.15) is 21.5 Å². The van der Waals surface area contributed by atoms with E-state index in [4.69, 9.17) is 15.6 Å². The fraction of sp³-hybridized carbons (Fsp3) is 0.133. The zero-order valence-corrected chi connectivity index (χ0v) is 10.8. The van der Waals surface area contributed by atoms with Crippen molar-refractivity contribution >= 4 is 11.7 Å². The molecule has 0 saturated heterocycles. The van der Waals surface area contributed by atoms with E-state index in [0.717, 1.165) is 11.1 Å². The third-order valence-electron chi connectivity index (χ3n) is 2.83. The minimum absolute atomic E-state index is 0.0564. The zero-order valence-electron chi connectivity index (χ0n) is 10.8. The normalized spacial score (nSPS) is 10.2. The summed E-state index contributed by atoms with van der Waals surface area (Å²) < 4.78 is 5.71. The molecule has 0 amide bonds. The second-order valence-corrected chi connectivity index (χ2v) is 4.40. The van der Waals surface area contributed by atoms with E-state index in [9.17, 15) is 4.79 Å². The van der Waals surface area contributed by atoms with E-state index in [1.165, 1.54) is 6.07 Å². The number of aromatic carboxylic acids is 1. The number of rotatable bonds is 3. The van der Waals surface area contributed by atoms with Gasteiger partial charge in [-0.05, 0) is 43.2 Å². The monoisotopic (exact) mass is 257 g/mol. The van der Waals surface area contributed by atoms with Crippen LogP contribution in [0.15, 0.2) is 36.4 Å². The van der Waals surface area contributed by atoms with E-state index < -0.39 is 5.97 Å². The van der Waals surface area contributed by atoms with E-state index in [1.807, 2.05) is 32.0 Å². The number of nitrogens with two attached hydrogens (primary N) is 1. The Labute approximate surface area is 111 Å². The summed E-state index contributed by atoms with van der Waals surface area (Å²) in [5, 5.41) is 9.16. The minimum Gasteiger partial charge on any atom is -0.478 e. The van der Waals surface area contributed by atoms with Gasteiger partial charge in [0.25, 0.3) is 0 Å². The van der Waals surface area contributed by atoms with Crippen LogP contribution in [0.25, 0.3) is 0 Å². The van der Waals surface area contributed by atoms with E-state index in [-0.39, 0.29) is 11.3 Å². The number of hydrogen-bond donors (Lipinski definition) is 2. The Morgan fingerprint density at radius 2 is 1.95 bits per heavy atom. The van der Waals surface area contributed by atoms with Gasteiger partial charge in [0, 0.05) is 0 Å². The lowest BCUT2D eigenvalue weighted by Crippen LogP contribution is -2.03. The molecule has 0 aliphatic heterocycles. The summed E-state index contributed by atoms with van der Waals surface area (Å²) in [4.78, 5) is 11.2. The van der Waals surface area contributed by atoms with Crippen molar-refractivity contribution in [1.29, 1.82) is 0 Å². The number of ether oxygens (including phenoxy) is 1. The maximum absolute atomic E-state index is 11.2. The Balaban J connectivity index is 2.49. The number of hydrogen-bond acceptors (Lipinski definition) is 3. The van der Waals surface area contributed by atoms with Crippen molar-refractivity contribution in [2.45, 2.75) is 13.8 Å². The van der Waals surface area contributed by atoms with E-state index in [0.29, 0.717) is 11.4 Å². The summed E-state index contributed by atoms with van der Waals surface area (Å²) >= 11 is 0. The third kappa shape index (κ3) is 2.68. The number of benzene rings is 2. The SMILES string of the molecule is Cc1ccc(C)c(Oc2c(N)cccc2C(=O)O)c1. The number of carboxylic acids is 1. The van der Waals surface area contributed by atoms with Crippen LogP contribution in [0.3, 0.4) is 0 Å². The fourth-order valence-corrected chi connectivity index (χ4v) is 1.76. The molecule has 98 valence electrons. The van der Waals surface area contributed by atoms with Gasteiger partial charge < -0.3 is 15.6 Å². The highest BCUT2D eigenvalue weighted by atomic mass is 16.5. The van der Waals surface area contributed by atoms with Gasteiger partial charge in [-0.15, -0.1) is 0 Å². The van der Waals surface area contributed by atoms with Gasteiger partial charge in [0.1, 0.15) is 11.3 Å². The van der Waals surface area contributed by atoms with E-state index in [1.54, 1.807) is 12.1 Å². The van der Waals surface area contributed by atoms with Gasteiger partial charge >= 0.3 is 5.97 Å². The van der Waals surface area contributed by atoms with Gasteiger partial charge in [0.2, 0.25) is 0 Å². The molecule has 0 spiro atoms. The molecule has 2 aromatic carbocycles. The average Bonchev–Trinajstić information content (AvgIpc) is 2.35. The first kappa shape index (κ1) is 13.0. The molecule has 0 unspecified atom stereocenters. The summed E-state index contributed by atoms with van der Waals surface area (Å²) in [5.74, 6) is -0.267. The summed E-state index contributed by atoms with van der Waals surface area (Å²) in [7, 11) is 0. The first-order valence-electron chi connectivity index (χ1n) is 5.86. The number of aryl methyl sites for hydroxylation is 2. The van der Waals surface area contributed by atoms with Gasteiger partial charge in [-0.3, -0.25) is 0 Å². The van der Waals surface area contributed by atoms with E-state index in [2.05, 4.69) is 0 Å². The highest BCUT2D eigenvalue weighted by Gasteiger charge is 2.15. The van der Waals surface area contributed by atoms with Crippen molar-refractivity contribution in [3.63, 3.8) is 0 Å². The lowest BCUT2D eigenvalue weighted by molar-refractivity contribution is 0.0694. The maximum Gasteiger partial charge on any atom is 0.339 e. The molecule has 4 heteroatoms. The van der Waals surface area contributed by atoms with Crippen LogP contribution >= 0.6 is 0 Å². The average molecular weight is 257 g/mol. The molecule has 0 radical (unpaired) electrons. The molecule has 2 rings (SSSR count). The first-order valence-corrected chi connectivity index (χ1v) is 5.86. The number of nitrogen functional groups attached to an aromatic ring is 1. The Morgan fingerprint density at radius 3 is 2.63 bits per heavy atom. The first-order chi connectivity index (χ1) is 8.99. The van der Waals surface area contributed by atoms with Crippen LogP contribution in [0.4, 0.5) is 5.69 Å². The topological polar surface area (TPSA) is 72.5 Å². The van der Waals surface area contributed by atoms with Crippen molar-refractivity contribution in [3.05, 3.63) is 53.1 Å². The Hall–Kier alpha value is -2.49. The highest BCUT2D eigenvalue weighted by molar-refractivity contribution is 5.93. The predicted octanol–water partition coefficient (Wildman–Crippen LogP) is 3.38. The molecule has 0 bridgehead atoms. The van der Waals surface area contributed by atoms with Crippen LogP contribution in [0, 0.1) is 13.8 Å². The van der Waals surface area contributed by atoms with Crippen molar-refractivity contribution in [2.75, 3.05) is 5.73 Å². The van der Waals surface area contributed by atoms with Crippen LogP contribution in [0.5, 0.6) is 11.5 Å². The number of anilines is 1. The predicted molar refractivity (Wildman–Crippen MR) is 73.8 cm³/mol. The van der Waals surface area contributed by atoms with Gasteiger partial charge in [0.05, 0.1) is 5.69 Å². The quantitative estimate of drug-likeness (QED) is 0.827. The van der Waals surface area contributed by atoms with Crippen molar-refractivity contribution in [1.82, 2.24) is 0 Å². The van der Waals surface area contributed by atoms with Crippen LogP contribution in [0.2, 0.25) is 0 Å². The zero-order chi connectivity index (χ0) is 14.0. The van der Waals surface area contributed by atoms with Crippen LogP contribution in [-0.2, 0) is 0 Å². The largest absolute Gasteiger partial charge is 0.478 e. The Bertz CT molecular complexity index is 635. The Morgan fingerprint density at radius 1 is 1.21 bits per heavy atom. The molecule has 19 heavy (non-hydrogen) atoms. The van der Waals surface area contributed by atoms with Gasteiger partial charge in [-0.2, -0.15) is 0 Å². The molecule has 0 fully saturated rings. The lowest BCUT2D eigenvalue weighted by Gasteiger charge is -2.13. The molecule has 0 atom stereocenters. The standard InChI is InChI=1S/C15H15NO3/c1-9-6-7-10(2)13(8-9)19-14-11(15(17)18)4-3-5-12(14)16/h3-8H,16H2,1-2H3,(H,17,18). The number of carboxylic acid groups (broad SMARTS) is 1. The second-order valence-electron chi connectivity index (χ2n) is 4.40. The molecule has 0 heterocycles. The fourth-order valence-electron chi connectivity index (χ4n) is 1.76. The summed E-state index contributed by atoms with van der Waals surface area (Å²) in [5.41, 5.74) is 8.13. The Kier molecular flexibility index (Phi) is 3.42. The maximum atomic E-state index is 11.2. The van der Waals surface area contributed by atoms with Gasteiger partial charge in [0.15, 0.2) is 5.75 Å². The number of carbonyl (C=O) groups is 1. The smallest absolute Gasteiger partial charge is 0.339 e. The minimum atomic E-state index is -1.06. The molecular weight excluding hydrogens is 242 g/mol. The third-order valence-corrected chi connectivity index (χ3v) is 2.83. The van der Waals surface area contributed by atoms with Crippen molar-refractivity contribution in [2.24, 2.45) is 0 Å². The summed E-state index contributed by atoms with van der Waals surface area (Å²) in [6.45, 7) is 3.84. The molecule has 2 aromatic rings. The summed E-state index contributed by atoms with van der Waals surface area (Å²) in [6.07, 6.45) is 0. The molecular formula is C15H15NO3. The second kappa shape index (κ2) is 5.02. The molecule has 4 nitrogen and oxygen atoms in total. The molecule has 3 N–H and O–H groups in total. The molecule has 0 aliphatic rings. The van der Waals surface area contributed by atoms with Crippen molar-refractivity contribution in [3.8, 4) is 11.5 Å². The molecule has 0 aromatic heterocycles. The van der Waals surface area contributed by atoms with Gasteiger partial charge in [-0.25, -0.2) is 4.79 Å². The highest BCUT2D eigenvalue weighted by Crippen LogP contribution is 2.33. The van der Waals surface area contributed by atoms with Gasteiger partial charge in [-0.1, -0.05) is 18.2 Å². The van der Waals surface area contributed by atoms with Crippen LogP contribution < -0.4 is 10.5 Å². The van der Waals surface area contributed by atoms with Crippen LogP contribution in [-0.4, -0.2) is 11.1 Å².